The van der Waals surface area contributed by atoms with Crippen molar-refractivity contribution in [3.05, 3.63) is 10.6 Å². The van der Waals surface area contributed by atoms with Crippen molar-refractivity contribution in [2.24, 2.45) is 0 Å². The number of hydrogen-bond donors (Lipinski definition) is 0. The average Bonchev–Trinajstić information content (AvgIpc) is 2.80. The van der Waals surface area contributed by atoms with E-state index in [0.717, 1.165) is 23.6 Å². The SMILES string of the molecule is CCc1nnsc1C(=O)N1CCCN(C(=O)OC(C)(C)C)CC1. The van der Waals surface area contributed by atoms with Crippen molar-refractivity contribution in [2.45, 2.75) is 46.1 Å². The highest BCUT2D eigenvalue weighted by Gasteiger charge is 2.27. The van der Waals surface area contributed by atoms with Gasteiger partial charge < -0.3 is 14.5 Å². The van der Waals surface area contributed by atoms with Crippen LogP contribution in [0.15, 0.2) is 0 Å². The molecule has 2 rings (SSSR count). The van der Waals surface area contributed by atoms with Crippen LogP contribution < -0.4 is 0 Å². The van der Waals surface area contributed by atoms with Gasteiger partial charge in [-0.3, -0.25) is 4.79 Å². The van der Waals surface area contributed by atoms with Gasteiger partial charge in [0, 0.05) is 26.2 Å². The van der Waals surface area contributed by atoms with Crippen LogP contribution in [0.1, 0.15) is 49.5 Å². The van der Waals surface area contributed by atoms with Gasteiger partial charge in [-0.1, -0.05) is 11.4 Å². The van der Waals surface area contributed by atoms with E-state index in [1.165, 1.54) is 0 Å². The fourth-order valence-corrected chi connectivity index (χ4v) is 3.09. The van der Waals surface area contributed by atoms with Gasteiger partial charge in [-0.15, -0.1) is 5.10 Å². The topological polar surface area (TPSA) is 75.6 Å². The number of nitrogens with zero attached hydrogens (tertiary/aromatic N) is 4. The first-order valence-corrected chi connectivity index (χ1v) is 8.67. The Morgan fingerprint density at radius 2 is 1.83 bits per heavy atom. The Kier molecular flexibility index (Phi) is 5.56. The number of hydrogen-bond acceptors (Lipinski definition) is 6. The van der Waals surface area contributed by atoms with Gasteiger partial charge in [-0.25, -0.2) is 4.79 Å². The highest BCUT2D eigenvalue weighted by molar-refractivity contribution is 7.08. The largest absolute Gasteiger partial charge is 0.444 e. The standard InChI is InChI=1S/C15H24N4O3S/c1-5-11-12(23-17-16-11)13(20)18-7-6-8-19(10-9-18)14(21)22-15(2,3)4/h5-10H2,1-4H3. The monoisotopic (exact) mass is 340 g/mol. The Morgan fingerprint density at radius 3 is 2.48 bits per heavy atom. The van der Waals surface area contributed by atoms with E-state index < -0.39 is 5.60 Å². The highest BCUT2D eigenvalue weighted by Crippen LogP contribution is 2.17. The summed E-state index contributed by atoms with van der Waals surface area (Å²) < 4.78 is 9.28. The maximum absolute atomic E-state index is 12.6. The summed E-state index contributed by atoms with van der Waals surface area (Å²) in [6.45, 7) is 9.71. The lowest BCUT2D eigenvalue weighted by molar-refractivity contribution is 0.0255. The quantitative estimate of drug-likeness (QED) is 0.825. The van der Waals surface area contributed by atoms with Crippen LogP contribution in [0.4, 0.5) is 4.79 Å². The first kappa shape index (κ1) is 17.7. The molecule has 0 aliphatic carbocycles. The smallest absolute Gasteiger partial charge is 0.410 e. The molecule has 0 N–H and O–H groups in total. The predicted octanol–water partition coefficient (Wildman–Crippen LogP) is 2.18. The molecule has 128 valence electrons. The van der Waals surface area contributed by atoms with E-state index in [-0.39, 0.29) is 12.0 Å². The second-order valence-electron chi connectivity index (χ2n) is 6.52. The van der Waals surface area contributed by atoms with Gasteiger partial charge in [0.25, 0.3) is 5.91 Å². The summed E-state index contributed by atoms with van der Waals surface area (Å²) in [5.74, 6) is -0.0390. The fraction of sp³-hybridized carbons (Fsp3) is 0.733. The number of carbonyl (C=O) groups is 2. The lowest BCUT2D eigenvalue weighted by Gasteiger charge is -2.26. The molecular formula is C15H24N4O3S. The highest BCUT2D eigenvalue weighted by atomic mass is 32.1. The lowest BCUT2D eigenvalue weighted by atomic mass is 10.2. The zero-order valence-corrected chi connectivity index (χ0v) is 15.0. The van der Waals surface area contributed by atoms with E-state index in [1.807, 2.05) is 27.7 Å². The molecule has 0 spiro atoms. The van der Waals surface area contributed by atoms with E-state index >= 15 is 0 Å². The fourth-order valence-electron chi connectivity index (χ4n) is 2.38. The van der Waals surface area contributed by atoms with Crippen LogP contribution in [-0.4, -0.2) is 63.2 Å². The third-order valence-electron chi connectivity index (χ3n) is 3.52. The Labute approximate surface area is 140 Å². The van der Waals surface area contributed by atoms with Crippen molar-refractivity contribution >= 4 is 23.5 Å². The minimum Gasteiger partial charge on any atom is -0.444 e. The molecule has 0 bridgehead atoms. The molecule has 0 atom stereocenters. The molecule has 0 saturated carbocycles. The van der Waals surface area contributed by atoms with Gasteiger partial charge in [-0.2, -0.15) is 0 Å². The zero-order chi connectivity index (χ0) is 17.0. The van der Waals surface area contributed by atoms with Crippen molar-refractivity contribution in [1.29, 1.82) is 0 Å². The zero-order valence-electron chi connectivity index (χ0n) is 14.2. The molecule has 0 radical (unpaired) electrons. The summed E-state index contributed by atoms with van der Waals surface area (Å²) in [5.41, 5.74) is 0.233. The van der Waals surface area contributed by atoms with Crippen molar-refractivity contribution < 1.29 is 14.3 Å². The van der Waals surface area contributed by atoms with Crippen molar-refractivity contribution in [1.82, 2.24) is 19.4 Å². The summed E-state index contributed by atoms with van der Waals surface area (Å²) in [6.07, 6.45) is 1.11. The van der Waals surface area contributed by atoms with Crippen molar-refractivity contribution in [3.8, 4) is 0 Å². The number of aryl methyl sites for hydroxylation is 1. The van der Waals surface area contributed by atoms with Crippen LogP contribution in [0, 0.1) is 0 Å². The van der Waals surface area contributed by atoms with Gasteiger partial charge >= 0.3 is 6.09 Å². The molecule has 7 nitrogen and oxygen atoms in total. The third kappa shape index (κ3) is 4.63. The Bertz CT molecular complexity index is 567. The minimum absolute atomic E-state index is 0.0390. The molecule has 23 heavy (non-hydrogen) atoms. The third-order valence-corrected chi connectivity index (χ3v) is 4.28. The number of aromatic nitrogens is 2. The molecule has 1 aliphatic rings. The Morgan fingerprint density at radius 1 is 1.17 bits per heavy atom. The van der Waals surface area contributed by atoms with E-state index in [4.69, 9.17) is 4.74 Å². The molecular weight excluding hydrogens is 316 g/mol. The molecule has 1 saturated heterocycles. The van der Waals surface area contributed by atoms with Gasteiger partial charge in [0.2, 0.25) is 0 Å². The second kappa shape index (κ2) is 7.25. The number of carbonyl (C=O) groups excluding carboxylic acids is 2. The molecule has 1 aromatic rings. The normalized spacial score (nSPS) is 16.2. The maximum Gasteiger partial charge on any atom is 0.410 e. The second-order valence-corrected chi connectivity index (χ2v) is 7.27. The van der Waals surface area contributed by atoms with Gasteiger partial charge in [0.1, 0.15) is 10.5 Å². The first-order valence-electron chi connectivity index (χ1n) is 7.90. The van der Waals surface area contributed by atoms with E-state index in [9.17, 15) is 9.59 Å². The van der Waals surface area contributed by atoms with E-state index in [1.54, 1.807) is 9.80 Å². The van der Waals surface area contributed by atoms with E-state index in [2.05, 4.69) is 9.59 Å². The summed E-state index contributed by atoms with van der Waals surface area (Å²) in [5, 5.41) is 3.99. The molecule has 0 aromatic carbocycles. The van der Waals surface area contributed by atoms with Crippen LogP contribution in [0.5, 0.6) is 0 Å². The summed E-state index contributed by atoms with van der Waals surface area (Å²) >= 11 is 1.14. The molecule has 1 aliphatic heterocycles. The van der Waals surface area contributed by atoms with Crippen molar-refractivity contribution in [2.75, 3.05) is 26.2 Å². The molecule has 1 fully saturated rings. The summed E-state index contributed by atoms with van der Waals surface area (Å²) in [4.78, 5) is 28.8. The van der Waals surface area contributed by atoms with Gasteiger partial charge in [-0.05, 0) is 45.1 Å². The average molecular weight is 340 g/mol. The first-order chi connectivity index (χ1) is 10.8. The van der Waals surface area contributed by atoms with Crippen LogP contribution in [0.2, 0.25) is 0 Å². The van der Waals surface area contributed by atoms with Gasteiger partial charge in [0.15, 0.2) is 0 Å². The molecule has 1 aromatic heterocycles. The van der Waals surface area contributed by atoms with Crippen LogP contribution in [-0.2, 0) is 11.2 Å². The maximum atomic E-state index is 12.6. The summed E-state index contributed by atoms with van der Waals surface area (Å²) in [6, 6.07) is 0. The van der Waals surface area contributed by atoms with Crippen LogP contribution in [0.25, 0.3) is 0 Å². The minimum atomic E-state index is -0.511. The molecule has 2 amide bonds. The van der Waals surface area contributed by atoms with E-state index in [0.29, 0.717) is 37.5 Å². The van der Waals surface area contributed by atoms with Crippen LogP contribution in [0.3, 0.4) is 0 Å². The van der Waals surface area contributed by atoms with Crippen molar-refractivity contribution in [3.63, 3.8) is 0 Å². The molecule has 0 unspecified atom stereocenters. The lowest BCUT2D eigenvalue weighted by Crippen LogP contribution is -2.40. The number of amides is 2. The van der Waals surface area contributed by atoms with Crippen LogP contribution >= 0.6 is 11.5 Å². The summed E-state index contributed by atoms with van der Waals surface area (Å²) in [7, 11) is 0. The Balaban J connectivity index is 1.98. The predicted molar refractivity (Wildman–Crippen MR) is 87.6 cm³/mol. The number of ether oxygens (including phenoxy) is 1. The Hall–Kier alpha value is -1.70. The molecule has 2 heterocycles. The molecule has 8 heteroatoms. The van der Waals surface area contributed by atoms with Gasteiger partial charge in [0.05, 0.1) is 5.69 Å². The number of rotatable bonds is 2.